The molecule has 7 nitrogen and oxygen atoms in total. The number of carbonyl (C=O) groups excluding carboxylic acids is 2. The lowest BCUT2D eigenvalue weighted by Crippen LogP contribution is -2.26. The van der Waals surface area contributed by atoms with Gasteiger partial charge in [-0.05, 0) is 31.0 Å². The molecule has 1 atom stereocenters. The number of hydrogen-bond acceptors (Lipinski definition) is 6. The third-order valence-electron chi connectivity index (χ3n) is 3.54. The number of ether oxygens (including phenoxy) is 1. The average molecular weight is 362 g/mol. The fourth-order valence-corrected chi connectivity index (χ4v) is 3.64. The molecule has 1 aliphatic rings. The minimum Gasteiger partial charge on any atom is -0.451 e. The smallest absolute Gasteiger partial charge is 0.338 e. The van der Waals surface area contributed by atoms with E-state index in [1.807, 2.05) is 0 Å². The second-order valence-corrected chi connectivity index (χ2v) is 7.31. The maximum absolute atomic E-state index is 12.3. The van der Waals surface area contributed by atoms with Crippen LogP contribution in [0.3, 0.4) is 0 Å². The molecule has 1 saturated carbocycles. The maximum Gasteiger partial charge on any atom is 0.338 e. The Hall–Kier alpha value is -1.48. The van der Waals surface area contributed by atoms with E-state index in [0.29, 0.717) is 23.7 Å². The number of benzene rings is 1. The van der Waals surface area contributed by atoms with Gasteiger partial charge in [0.15, 0.2) is 11.9 Å². The maximum atomic E-state index is 12.3. The van der Waals surface area contributed by atoms with Crippen LogP contribution in [-0.2, 0) is 24.4 Å². The van der Waals surface area contributed by atoms with Gasteiger partial charge in [0.05, 0.1) is 17.7 Å². The molecule has 126 valence electrons. The summed E-state index contributed by atoms with van der Waals surface area (Å²) in [4.78, 5) is 28.0. The predicted molar refractivity (Wildman–Crippen MR) is 81.5 cm³/mol. The summed E-state index contributed by atoms with van der Waals surface area (Å²) in [6, 6.07) is 3.73. The van der Waals surface area contributed by atoms with Crippen molar-refractivity contribution < 1.29 is 27.6 Å². The van der Waals surface area contributed by atoms with Crippen LogP contribution in [0.4, 0.5) is 0 Å². The molecule has 0 bridgehead atoms. The molecule has 9 heteroatoms. The molecule has 0 unspecified atom stereocenters. The number of sulfonamides is 1. The van der Waals surface area contributed by atoms with E-state index in [4.69, 9.17) is 16.3 Å². The standard InChI is InChI=1S/C14H16ClNO6S/c1-16(21-2)23(19,20)13-8-9(6-7-10(13)15)14(18)22-12-5-3-4-11(12)17/h6-8,12H,3-5H2,1-2H3/t12-/m0/s1. The molecule has 0 saturated heterocycles. The summed E-state index contributed by atoms with van der Waals surface area (Å²) in [7, 11) is -1.62. The van der Waals surface area contributed by atoms with Gasteiger partial charge < -0.3 is 4.74 Å². The Morgan fingerprint density at radius 1 is 1.39 bits per heavy atom. The first-order valence-corrected chi connectivity index (χ1v) is 8.65. The molecule has 0 aromatic heterocycles. The lowest BCUT2D eigenvalue weighted by Gasteiger charge is -2.16. The minimum absolute atomic E-state index is 0.00261. The summed E-state index contributed by atoms with van der Waals surface area (Å²) in [6.07, 6.45) is 0.780. The topological polar surface area (TPSA) is 90.0 Å². The molecule has 0 spiro atoms. The van der Waals surface area contributed by atoms with Gasteiger partial charge in [-0.25, -0.2) is 13.2 Å². The van der Waals surface area contributed by atoms with Crippen LogP contribution >= 0.6 is 11.6 Å². The van der Waals surface area contributed by atoms with Gasteiger partial charge in [-0.1, -0.05) is 16.1 Å². The van der Waals surface area contributed by atoms with Crippen molar-refractivity contribution in [2.75, 3.05) is 14.2 Å². The number of hydroxylamine groups is 1. The summed E-state index contributed by atoms with van der Waals surface area (Å²) in [6.45, 7) is 0. The zero-order chi connectivity index (χ0) is 17.2. The number of carbonyl (C=O) groups is 2. The van der Waals surface area contributed by atoms with Crippen LogP contribution in [0.15, 0.2) is 23.1 Å². The van der Waals surface area contributed by atoms with Gasteiger partial charge in [0, 0.05) is 13.5 Å². The lowest BCUT2D eigenvalue weighted by atomic mass is 10.2. The first kappa shape index (κ1) is 17.9. The highest BCUT2D eigenvalue weighted by Crippen LogP contribution is 2.26. The van der Waals surface area contributed by atoms with Crippen molar-refractivity contribution in [2.24, 2.45) is 0 Å². The third-order valence-corrected chi connectivity index (χ3v) is 5.70. The number of ketones is 1. The van der Waals surface area contributed by atoms with E-state index >= 15 is 0 Å². The highest BCUT2D eigenvalue weighted by molar-refractivity contribution is 7.89. The molecule has 0 aliphatic heterocycles. The van der Waals surface area contributed by atoms with Crippen molar-refractivity contribution in [2.45, 2.75) is 30.3 Å². The van der Waals surface area contributed by atoms with Crippen LogP contribution in [0.2, 0.25) is 5.02 Å². The van der Waals surface area contributed by atoms with Crippen LogP contribution < -0.4 is 0 Å². The fraction of sp³-hybridized carbons (Fsp3) is 0.429. The third kappa shape index (κ3) is 3.72. The molecule has 0 amide bonds. The Morgan fingerprint density at radius 3 is 2.65 bits per heavy atom. The Kier molecular flexibility index (Phi) is 5.41. The van der Waals surface area contributed by atoms with Crippen molar-refractivity contribution in [3.8, 4) is 0 Å². The quantitative estimate of drug-likeness (QED) is 0.586. The van der Waals surface area contributed by atoms with E-state index in [0.717, 1.165) is 6.07 Å². The molecule has 0 radical (unpaired) electrons. The van der Waals surface area contributed by atoms with Gasteiger partial charge in [0.2, 0.25) is 0 Å². The van der Waals surface area contributed by atoms with Gasteiger partial charge in [0.1, 0.15) is 4.90 Å². The van der Waals surface area contributed by atoms with Crippen LogP contribution in [0.25, 0.3) is 0 Å². The first-order chi connectivity index (χ1) is 10.8. The van der Waals surface area contributed by atoms with Crippen molar-refractivity contribution in [1.29, 1.82) is 0 Å². The number of esters is 1. The zero-order valence-electron chi connectivity index (χ0n) is 12.6. The van der Waals surface area contributed by atoms with Crippen molar-refractivity contribution in [1.82, 2.24) is 4.47 Å². The van der Waals surface area contributed by atoms with Crippen LogP contribution in [0, 0.1) is 0 Å². The molecular formula is C14H16ClNO6S. The number of hydrogen-bond donors (Lipinski definition) is 0. The van der Waals surface area contributed by atoms with Gasteiger partial charge in [-0.2, -0.15) is 0 Å². The molecular weight excluding hydrogens is 346 g/mol. The van der Waals surface area contributed by atoms with Gasteiger partial charge in [-0.3, -0.25) is 9.63 Å². The Morgan fingerprint density at radius 2 is 2.09 bits per heavy atom. The Balaban J connectivity index is 2.30. The zero-order valence-corrected chi connectivity index (χ0v) is 14.2. The van der Waals surface area contributed by atoms with E-state index in [1.165, 1.54) is 26.3 Å². The molecule has 1 fully saturated rings. The van der Waals surface area contributed by atoms with Crippen molar-refractivity contribution in [3.63, 3.8) is 0 Å². The van der Waals surface area contributed by atoms with Gasteiger partial charge >= 0.3 is 5.97 Å². The summed E-state index contributed by atoms with van der Waals surface area (Å²) in [5.74, 6) is -0.891. The molecule has 1 aliphatic carbocycles. The van der Waals surface area contributed by atoms with Gasteiger partial charge in [0.25, 0.3) is 10.0 Å². The minimum atomic E-state index is -4.01. The number of nitrogens with zero attached hydrogens (tertiary/aromatic N) is 1. The summed E-state index contributed by atoms with van der Waals surface area (Å²) in [5, 5.41) is -0.0533. The summed E-state index contributed by atoms with van der Waals surface area (Å²) >= 11 is 5.91. The molecule has 1 aromatic rings. The van der Waals surface area contributed by atoms with E-state index in [-0.39, 0.29) is 21.3 Å². The van der Waals surface area contributed by atoms with E-state index in [2.05, 4.69) is 4.84 Å². The van der Waals surface area contributed by atoms with E-state index in [1.54, 1.807) is 0 Å². The van der Waals surface area contributed by atoms with Crippen LogP contribution in [-0.4, -0.2) is 44.9 Å². The van der Waals surface area contributed by atoms with Gasteiger partial charge in [-0.15, -0.1) is 0 Å². The largest absolute Gasteiger partial charge is 0.451 e. The predicted octanol–water partition coefficient (Wildman–Crippen LogP) is 1.80. The monoisotopic (exact) mass is 361 g/mol. The SMILES string of the molecule is CON(C)S(=O)(=O)c1cc(C(=O)O[C@H]2CCCC2=O)ccc1Cl. The average Bonchev–Trinajstić information content (AvgIpc) is 2.91. The molecule has 0 N–H and O–H groups in total. The molecule has 2 rings (SSSR count). The summed E-state index contributed by atoms with van der Waals surface area (Å²) in [5.41, 5.74) is -0.00261. The van der Waals surface area contributed by atoms with Crippen LogP contribution in [0.1, 0.15) is 29.6 Å². The molecule has 0 heterocycles. The lowest BCUT2D eigenvalue weighted by molar-refractivity contribution is -0.124. The van der Waals surface area contributed by atoms with E-state index < -0.39 is 22.1 Å². The van der Waals surface area contributed by atoms with E-state index in [9.17, 15) is 18.0 Å². The van der Waals surface area contributed by atoms with Crippen molar-refractivity contribution in [3.05, 3.63) is 28.8 Å². The summed E-state index contributed by atoms with van der Waals surface area (Å²) < 4.78 is 30.3. The van der Waals surface area contributed by atoms with Crippen LogP contribution in [0.5, 0.6) is 0 Å². The first-order valence-electron chi connectivity index (χ1n) is 6.83. The highest BCUT2D eigenvalue weighted by Gasteiger charge is 2.30. The normalized spacial score (nSPS) is 18.4. The Bertz CT molecular complexity index is 733. The number of rotatable bonds is 5. The second-order valence-electron chi connectivity index (χ2n) is 5.00. The highest BCUT2D eigenvalue weighted by atomic mass is 35.5. The number of Topliss-reactive ketones (excluding diaryl/α,β-unsaturated/α-hetero) is 1. The number of halogens is 1. The second kappa shape index (κ2) is 6.96. The molecule has 1 aromatic carbocycles. The fourth-order valence-electron chi connectivity index (χ4n) is 2.17. The Labute approximate surface area is 139 Å². The van der Waals surface area contributed by atoms with Crippen molar-refractivity contribution >= 4 is 33.4 Å². The molecule has 23 heavy (non-hydrogen) atoms.